The second-order valence-corrected chi connectivity index (χ2v) is 6.14. The van der Waals surface area contributed by atoms with Crippen LogP contribution in [0.2, 0.25) is 0 Å². The molecule has 0 bridgehead atoms. The van der Waals surface area contributed by atoms with E-state index in [-0.39, 0.29) is 12.6 Å². The molecule has 0 aliphatic heterocycles. The Morgan fingerprint density at radius 2 is 1.96 bits per heavy atom. The normalized spacial score (nSPS) is 12.7. The largest absolute Gasteiger partial charge is 0.394 e. The van der Waals surface area contributed by atoms with Crippen molar-refractivity contribution < 1.29 is 5.11 Å². The summed E-state index contributed by atoms with van der Waals surface area (Å²) in [5, 5.41) is 13.2. The number of aryl methyl sites for hydroxylation is 3. The number of fused-ring (bicyclic) bond motifs is 1. The second kappa shape index (κ2) is 7.11. The summed E-state index contributed by atoms with van der Waals surface area (Å²) >= 11 is 0. The van der Waals surface area contributed by atoms with Gasteiger partial charge in [-0.2, -0.15) is 0 Å². The lowest BCUT2D eigenvalue weighted by Crippen LogP contribution is -2.24. The van der Waals surface area contributed by atoms with Crippen LogP contribution in [-0.4, -0.2) is 26.1 Å². The van der Waals surface area contributed by atoms with Crippen LogP contribution in [0.3, 0.4) is 0 Å². The molecule has 0 radical (unpaired) electrons. The van der Waals surface area contributed by atoms with Gasteiger partial charge < -0.3 is 10.4 Å². The number of nitrogens with zero attached hydrogens (tertiary/aromatic N) is 3. The van der Waals surface area contributed by atoms with Crippen LogP contribution in [-0.2, 0) is 13.0 Å². The molecule has 5 nitrogen and oxygen atoms in total. The first kappa shape index (κ1) is 16.6. The van der Waals surface area contributed by atoms with Crippen LogP contribution in [0.5, 0.6) is 0 Å². The molecule has 1 atom stereocenters. The fraction of sp³-hybridized carbons (Fsp3) is 0.368. The molecule has 0 amide bonds. The Labute approximate surface area is 142 Å². The van der Waals surface area contributed by atoms with E-state index in [1.807, 2.05) is 19.2 Å². The highest BCUT2D eigenvalue weighted by Crippen LogP contribution is 2.16. The van der Waals surface area contributed by atoms with Crippen molar-refractivity contribution in [2.24, 2.45) is 0 Å². The summed E-state index contributed by atoms with van der Waals surface area (Å²) in [5.41, 5.74) is 5.51. The van der Waals surface area contributed by atoms with E-state index < -0.39 is 0 Å². The molecule has 3 rings (SSSR count). The Bertz CT molecular complexity index is 823. The topological polar surface area (TPSA) is 62.5 Å². The number of nitrogens with one attached hydrogen (secondary N) is 1. The van der Waals surface area contributed by atoms with Crippen LogP contribution < -0.4 is 5.32 Å². The Balaban J connectivity index is 1.78. The Hall–Kier alpha value is -2.24. The van der Waals surface area contributed by atoms with Gasteiger partial charge in [0.25, 0.3) is 0 Å². The quantitative estimate of drug-likeness (QED) is 0.732. The van der Waals surface area contributed by atoms with Crippen LogP contribution in [0.25, 0.3) is 5.78 Å². The van der Waals surface area contributed by atoms with E-state index in [9.17, 15) is 5.11 Å². The van der Waals surface area contributed by atoms with E-state index in [1.54, 1.807) is 0 Å². The Morgan fingerprint density at radius 3 is 2.62 bits per heavy atom. The minimum absolute atomic E-state index is 0.0541. The van der Waals surface area contributed by atoms with E-state index in [2.05, 4.69) is 57.8 Å². The summed E-state index contributed by atoms with van der Waals surface area (Å²) in [6.07, 6.45) is 2.86. The maximum atomic E-state index is 9.74. The molecule has 3 aromatic rings. The van der Waals surface area contributed by atoms with Gasteiger partial charge in [0.2, 0.25) is 5.78 Å². The van der Waals surface area contributed by atoms with Crippen LogP contribution in [0.4, 0.5) is 0 Å². The summed E-state index contributed by atoms with van der Waals surface area (Å²) in [7, 11) is 0. The molecule has 2 aromatic heterocycles. The molecule has 5 heteroatoms. The summed E-state index contributed by atoms with van der Waals surface area (Å²) in [4.78, 5) is 8.85. The fourth-order valence-corrected chi connectivity index (χ4v) is 3.02. The summed E-state index contributed by atoms with van der Waals surface area (Å²) in [6.45, 7) is 6.84. The maximum Gasteiger partial charge on any atom is 0.234 e. The molecule has 2 N–H and O–H groups in total. The zero-order valence-corrected chi connectivity index (χ0v) is 14.5. The van der Waals surface area contributed by atoms with Gasteiger partial charge in [-0.25, -0.2) is 9.97 Å². The van der Waals surface area contributed by atoms with Crippen molar-refractivity contribution >= 4 is 5.78 Å². The van der Waals surface area contributed by atoms with Gasteiger partial charge in [0, 0.05) is 17.9 Å². The fourth-order valence-electron chi connectivity index (χ4n) is 3.02. The molecule has 0 saturated heterocycles. The number of rotatable bonds is 6. The van der Waals surface area contributed by atoms with Crippen molar-refractivity contribution in [1.29, 1.82) is 0 Å². The first-order chi connectivity index (χ1) is 11.6. The van der Waals surface area contributed by atoms with Crippen molar-refractivity contribution in [3.05, 3.63) is 64.7 Å². The minimum atomic E-state index is -0.0971. The minimum Gasteiger partial charge on any atom is -0.394 e. The van der Waals surface area contributed by atoms with Gasteiger partial charge in [-0.05, 0) is 37.5 Å². The van der Waals surface area contributed by atoms with E-state index >= 15 is 0 Å². The van der Waals surface area contributed by atoms with Gasteiger partial charge in [0.1, 0.15) is 0 Å². The number of hydrogen-bond acceptors (Lipinski definition) is 4. The average molecular weight is 324 g/mol. The number of benzene rings is 1. The lowest BCUT2D eigenvalue weighted by molar-refractivity contribution is 0.243. The number of aromatic nitrogens is 3. The molecule has 0 aliphatic carbocycles. The number of aliphatic hydroxyl groups excluding tert-OH is 1. The Morgan fingerprint density at radius 1 is 1.21 bits per heavy atom. The lowest BCUT2D eigenvalue weighted by Gasteiger charge is -2.17. The monoisotopic (exact) mass is 324 g/mol. The molecule has 2 heterocycles. The molecule has 0 saturated carbocycles. The van der Waals surface area contributed by atoms with Gasteiger partial charge in [0.15, 0.2) is 0 Å². The molecule has 1 unspecified atom stereocenters. The van der Waals surface area contributed by atoms with Crippen LogP contribution in [0.15, 0.2) is 36.5 Å². The zero-order chi connectivity index (χ0) is 17.1. The van der Waals surface area contributed by atoms with Crippen LogP contribution in [0.1, 0.15) is 41.2 Å². The van der Waals surface area contributed by atoms with Crippen molar-refractivity contribution in [1.82, 2.24) is 19.7 Å². The van der Waals surface area contributed by atoms with Gasteiger partial charge in [-0.1, -0.05) is 31.2 Å². The van der Waals surface area contributed by atoms with Gasteiger partial charge in [0.05, 0.1) is 24.5 Å². The zero-order valence-electron chi connectivity index (χ0n) is 14.5. The molecule has 0 spiro atoms. The molecular weight excluding hydrogens is 300 g/mol. The highest BCUT2D eigenvalue weighted by atomic mass is 16.3. The molecule has 1 aromatic carbocycles. The molecule has 126 valence electrons. The van der Waals surface area contributed by atoms with Crippen molar-refractivity contribution in [2.75, 3.05) is 6.61 Å². The van der Waals surface area contributed by atoms with Gasteiger partial charge in [-0.15, -0.1) is 0 Å². The number of hydrogen-bond donors (Lipinski definition) is 2. The standard InChI is InChI=1S/C19H24N4O/c1-4-15-5-7-16(8-6-15)18(12-24)20-10-17-11-21-19-22-13(2)9-14(3)23(17)19/h5-9,11,18,20,24H,4,10,12H2,1-3H3. The lowest BCUT2D eigenvalue weighted by atomic mass is 10.0. The third kappa shape index (κ3) is 3.32. The molecule has 0 fully saturated rings. The smallest absolute Gasteiger partial charge is 0.234 e. The maximum absolute atomic E-state index is 9.74. The van der Waals surface area contributed by atoms with Crippen LogP contribution >= 0.6 is 0 Å². The second-order valence-electron chi connectivity index (χ2n) is 6.14. The van der Waals surface area contributed by atoms with E-state index in [0.29, 0.717) is 6.54 Å². The van der Waals surface area contributed by atoms with Gasteiger partial charge >= 0.3 is 0 Å². The molecule has 24 heavy (non-hydrogen) atoms. The third-order valence-corrected chi connectivity index (χ3v) is 4.37. The SMILES string of the molecule is CCc1ccc(C(CO)NCc2cnc3nc(C)cc(C)n23)cc1. The first-order valence-electron chi connectivity index (χ1n) is 8.36. The van der Waals surface area contributed by atoms with E-state index in [1.165, 1.54) is 5.56 Å². The van der Waals surface area contributed by atoms with Crippen molar-refractivity contribution in [2.45, 2.75) is 39.8 Å². The number of aliphatic hydroxyl groups is 1. The summed E-state index contributed by atoms with van der Waals surface area (Å²) in [6, 6.07) is 10.3. The summed E-state index contributed by atoms with van der Waals surface area (Å²) < 4.78 is 2.05. The predicted octanol–water partition coefficient (Wildman–Crippen LogP) is 2.73. The molecule has 0 aliphatic rings. The average Bonchev–Trinajstić information content (AvgIpc) is 2.99. The third-order valence-electron chi connectivity index (χ3n) is 4.37. The van der Waals surface area contributed by atoms with Gasteiger partial charge in [-0.3, -0.25) is 4.40 Å². The predicted molar refractivity (Wildman–Crippen MR) is 94.9 cm³/mol. The highest BCUT2D eigenvalue weighted by Gasteiger charge is 2.12. The van der Waals surface area contributed by atoms with E-state index in [4.69, 9.17) is 0 Å². The van der Waals surface area contributed by atoms with Crippen molar-refractivity contribution in [3.63, 3.8) is 0 Å². The highest BCUT2D eigenvalue weighted by molar-refractivity contribution is 5.35. The summed E-state index contributed by atoms with van der Waals surface area (Å²) in [5.74, 6) is 0.720. The van der Waals surface area contributed by atoms with Crippen LogP contribution in [0, 0.1) is 13.8 Å². The number of imidazole rings is 1. The first-order valence-corrected chi connectivity index (χ1v) is 8.36. The molecular formula is C19H24N4O. The van der Waals surface area contributed by atoms with E-state index in [0.717, 1.165) is 34.8 Å². The van der Waals surface area contributed by atoms with Crippen molar-refractivity contribution in [3.8, 4) is 0 Å². The Kier molecular flexibility index (Phi) is 4.92.